The van der Waals surface area contributed by atoms with Crippen molar-refractivity contribution < 1.29 is 9.18 Å². The van der Waals surface area contributed by atoms with Gasteiger partial charge >= 0.3 is 0 Å². The highest BCUT2D eigenvalue weighted by Crippen LogP contribution is 2.21. The molecule has 0 bridgehead atoms. The average molecular weight is 357 g/mol. The van der Waals surface area contributed by atoms with Crippen LogP contribution in [0.4, 0.5) is 4.39 Å². The van der Waals surface area contributed by atoms with E-state index >= 15 is 0 Å². The molecule has 128 valence electrons. The number of hydrogen-bond acceptors (Lipinski definition) is 5. The van der Waals surface area contributed by atoms with Crippen LogP contribution in [0.1, 0.15) is 12.8 Å². The zero-order valence-corrected chi connectivity index (χ0v) is 14.2. The molecule has 4 rings (SSSR count). The maximum atomic E-state index is 13.1. The Labute approximate surface area is 148 Å². The molecule has 0 N–H and O–H groups in total. The Morgan fingerprint density at radius 2 is 1.84 bits per heavy atom. The summed E-state index contributed by atoms with van der Waals surface area (Å²) in [5, 5.41) is 13.3. The van der Waals surface area contributed by atoms with E-state index in [0.29, 0.717) is 22.3 Å². The maximum Gasteiger partial charge on any atom is 0.233 e. The van der Waals surface area contributed by atoms with Crippen molar-refractivity contribution in [1.29, 1.82) is 0 Å². The van der Waals surface area contributed by atoms with Crippen molar-refractivity contribution in [3.63, 3.8) is 0 Å². The number of hydrogen-bond donors (Lipinski definition) is 0. The van der Waals surface area contributed by atoms with Crippen LogP contribution in [0.15, 0.2) is 41.6 Å². The highest BCUT2D eigenvalue weighted by molar-refractivity contribution is 7.99. The van der Waals surface area contributed by atoms with Gasteiger partial charge in [-0.1, -0.05) is 11.8 Å². The van der Waals surface area contributed by atoms with E-state index < -0.39 is 0 Å². The Kier molecular flexibility index (Phi) is 4.35. The zero-order valence-electron chi connectivity index (χ0n) is 13.4. The highest BCUT2D eigenvalue weighted by atomic mass is 32.2. The summed E-state index contributed by atoms with van der Waals surface area (Å²) in [4.78, 5) is 14.1. The summed E-state index contributed by atoms with van der Waals surface area (Å²) >= 11 is 1.33. The molecule has 1 saturated heterocycles. The minimum atomic E-state index is -0.286. The van der Waals surface area contributed by atoms with Crippen molar-refractivity contribution in [3.05, 3.63) is 42.2 Å². The Bertz CT molecular complexity index is 905. The van der Waals surface area contributed by atoms with Crippen LogP contribution in [-0.2, 0) is 4.79 Å². The molecule has 1 aromatic carbocycles. The lowest BCUT2D eigenvalue weighted by Gasteiger charge is -2.14. The molecule has 3 heterocycles. The first-order chi connectivity index (χ1) is 12.2. The molecule has 25 heavy (non-hydrogen) atoms. The monoisotopic (exact) mass is 357 g/mol. The van der Waals surface area contributed by atoms with E-state index in [1.54, 1.807) is 16.6 Å². The number of benzene rings is 1. The van der Waals surface area contributed by atoms with Crippen molar-refractivity contribution in [2.75, 3.05) is 18.8 Å². The highest BCUT2D eigenvalue weighted by Gasteiger charge is 2.19. The van der Waals surface area contributed by atoms with Crippen LogP contribution in [0.3, 0.4) is 0 Å². The van der Waals surface area contributed by atoms with Gasteiger partial charge in [0, 0.05) is 18.7 Å². The van der Waals surface area contributed by atoms with Gasteiger partial charge in [0.1, 0.15) is 5.82 Å². The fourth-order valence-electron chi connectivity index (χ4n) is 2.82. The number of thioether (sulfide) groups is 1. The minimum Gasteiger partial charge on any atom is -0.342 e. The third kappa shape index (κ3) is 3.34. The number of likely N-dealkylation sites (tertiary alicyclic amines) is 1. The quantitative estimate of drug-likeness (QED) is 0.672. The van der Waals surface area contributed by atoms with Gasteiger partial charge in [-0.3, -0.25) is 4.79 Å². The topological polar surface area (TPSA) is 63.4 Å². The van der Waals surface area contributed by atoms with Gasteiger partial charge in [0.05, 0.1) is 11.4 Å². The molecule has 1 amide bonds. The van der Waals surface area contributed by atoms with E-state index in [9.17, 15) is 9.18 Å². The molecule has 0 spiro atoms. The molecule has 3 aromatic rings. The van der Waals surface area contributed by atoms with Gasteiger partial charge in [-0.2, -0.15) is 9.61 Å². The van der Waals surface area contributed by atoms with Crippen LogP contribution in [-0.4, -0.2) is 49.5 Å². The van der Waals surface area contributed by atoms with Crippen molar-refractivity contribution in [1.82, 2.24) is 24.7 Å². The molecule has 1 fully saturated rings. The van der Waals surface area contributed by atoms with Gasteiger partial charge in [-0.15, -0.1) is 10.2 Å². The van der Waals surface area contributed by atoms with E-state index in [-0.39, 0.29) is 11.7 Å². The Morgan fingerprint density at radius 3 is 2.60 bits per heavy atom. The number of rotatable bonds is 4. The molecular formula is C17H16FN5OS. The van der Waals surface area contributed by atoms with Crippen LogP contribution in [0, 0.1) is 5.82 Å². The van der Waals surface area contributed by atoms with Gasteiger partial charge < -0.3 is 4.90 Å². The summed E-state index contributed by atoms with van der Waals surface area (Å²) in [6.07, 6.45) is 2.15. The van der Waals surface area contributed by atoms with E-state index in [2.05, 4.69) is 15.3 Å². The molecule has 0 atom stereocenters. The smallest absolute Gasteiger partial charge is 0.233 e. The second-order valence-electron chi connectivity index (χ2n) is 5.85. The first kappa shape index (κ1) is 16.0. The van der Waals surface area contributed by atoms with E-state index in [0.717, 1.165) is 31.5 Å². The summed E-state index contributed by atoms with van der Waals surface area (Å²) in [6, 6.07) is 9.79. The second-order valence-corrected chi connectivity index (χ2v) is 6.80. The van der Waals surface area contributed by atoms with E-state index in [1.807, 2.05) is 17.0 Å². The third-order valence-electron chi connectivity index (χ3n) is 4.16. The van der Waals surface area contributed by atoms with Crippen LogP contribution in [0.25, 0.3) is 16.9 Å². The normalized spacial score (nSPS) is 14.4. The van der Waals surface area contributed by atoms with E-state index in [1.165, 1.54) is 23.9 Å². The van der Waals surface area contributed by atoms with Crippen LogP contribution in [0.2, 0.25) is 0 Å². The Morgan fingerprint density at radius 1 is 1.08 bits per heavy atom. The first-order valence-electron chi connectivity index (χ1n) is 8.10. The second kappa shape index (κ2) is 6.79. The van der Waals surface area contributed by atoms with Crippen molar-refractivity contribution in [2.24, 2.45) is 0 Å². The predicted molar refractivity (Wildman–Crippen MR) is 92.7 cm³/mol. The Balaban J connectivity index is 1.56. The molecule has 0 radical (unpaired) electrons. The van der Waals surface area contributed by atoms with E-state index in [4.69, 9.17) is 0 Å². The summed E-state index contributed by atoms with van der Waals surface area (Å²) in [7, 11) is 0. The molecule has 0 saturated carbocycles. The summed E-state index contributed by atoms with van der Waals surface area (Å²) in [5.41, 5.74) is 2.11. The summed E-state index contributed by atoms with van der Waals surface area (Å²) in [5.74, 6) is 0.156. The number of fused-ring (bicyclic) bond motifs is 1. The van der Waals surface area contributed by atoms with Crippen LogP contribution in [0.5, 0.6) is 0 Å². The van der Waals surface area contributed by atoms with Gasteiger partial charge in [-0.25, -0.2) is 4.39 Å². The fourth-order valence-corrected chi connectivity index (χ4v) is 3.61. The van der Waals surface area contributed by atoms with Crippen LogP contribution >= 0.6 is 11.8 Å². The van der Waals surface area contributed by atoms with Gasteiger partial charge in [-0.05, 0) is 49.2 Å². The average Bonchev–Trinajstić information content (AvgIpc) is 3.30. The van der Waals surface area contributed by atoms with Crippen molar-refractivity contribution in [3.8, 4) is 11.3 Å². The largest absolute Gasteiger partial charge is 0.342 e. The maximum absolute atomic E-state index is 13.1. The predicted octanol–water partition coefficient (Wildman–Crippen LogP) is 2.64. The molecule has 1 aliphatic rings. The molecule has 6 nitrogen and oxygen atoms in total. The number of carbonyl (C=O) groups excluding carboxylic acids is 1. The number of halogens is 1. The zero-order chi connectivity index (χ0) is 17.2. The SMILES string of the molecule is O=C(CSc1nnc2ccc(-c3ccc(F)cc3)nn12)N1CCCC1. The van der Waals surface area contributed by atoms with Crippen molar-refractivity contribution in [2.45, 2.75) is 18.0 Å². The Hall–Kier alpha value is -2.48. The summed E-state index contributed by atoms with van der Waals surface area (Å²) < 4.78 is 14.7. The molecule has 2 aromatic heterocycles. The number of carbonyl (C=O) groups is 1. The standard InChI is InChI=1S/C17H16FN5OS/c18-13-5-3-12(4-6-13)14-7-8-15-19-20-17(23(15)21-14)25-11-16(24)22-9-1-2-10-22/h3-8H,1-2,9-11H2. The number of nitrogens with zero attached hydrogens (tertiary/aromatic N) is 5. The third-order valence-corrected chi connectivity index (χ3v) is 5.06. The molecule has 0 aliphatic carbocycles. The van der Waals surface area contributed by atoms with Gasteiger partial charge in [0.2, 0.25) is 11.1 Å². The number of amides is 1. The minimum absolute atomic E-state index is 0.119. The molecule has 0 unspecified atom stereocenters. The van der Waals surface area contributed by atoms with Crippen molar-refractivity contribution >= 4 is 23.3 Å². The van der Waals surface area contributed by atoms with Crippen LogP contribution < -0.4 is 0 Å². The molecule has 1 aliphatic heterocycles. The lowest BCUT2D eigenvalue weighted by atomic mass is 10.1. The lowest BCUT2D eigenvalue weighted by Crippen LogP contribution is -2.29. The first-order valence-corrected chi connectivity index (χ1v) is 9.08. The van der Waals surface area contributed by atoms with Gasteiger partial charge in [0.25, 0.3) is 0 Å². The lowest BCUT2D eigenvalue weighted by molar-refractivity contribution is -0.127. The molecular weight excluding hydrogens is 341 g/mol. The van der Waals surface area contributed by atoms with Gasteiger partial charge in [0.15, 0.2) is 5.65 Å². The fraction of sp³-hybridized carbons (Fsp3) is 0.294. The number of aromatic nitrogens is 4. The summed E-state index contributed by atoms with van der Waals surface area (Å²) in [6.45, 7) is 1.68. The molecule has 8 heteroatoms.